The van der Waals surface area contributed by atoms with E-state index in [1.807, 2.05) is 69.2 Å². The Balaban J connectivity index is 3.25. The van der Waals surface area contributed by atoms with Gasteiger partial charge in [0, 0.05) is 27.7 Å². The molecule has 0 spiro atoms. The molecular formula is C37H64N6O6. The normalized spacial score (nSPS) is 14.8. The number of nitrogens with one attached hydrogen (secondary N) is 3. The number of nitrogens with zero attached hydrogens (tertiary/aromatic N) is 3. The number of amides is 5. The number of aromatic hydroxyl groups is 1. The molecule has 0 radical (unpaired) electrons. The summed E-state index contributed by atoms with van der Waals surface area (Å²) >= 11 is 0. The van der Waals surface area contributed by atoms with E-state index in [4.69, 9.17) is 0 Å². The molecule has 12 heteroatoms. The standard InChI is InChI=1S/C37H64N6O6/c1-21(2)28(38-11)33(45)40-29(22(3)4)35(47)42(13)31(24(7)8)37(49)43(14)32(25(9)10)36(48)41(12)30(23(5)6)34(46)39-20-19-26-15-17-27(44)18-16-26/h15-18,21-25,28-32,38,44H,19-20H2,1-14H3,(H,39,46)(H,40,45)/t28-,29-,30-,31-,32-/m0/s1. The first-order valence-electron chi connectivity index (χ1n) is 17.5. The molecule has 0 aliphatic heterocycles. The highest BCUT2D eigenvalue weighted by molar-refractivity contribution is 5.96. The Hall–Kier alpha value is -3.67. The lowest BCUT2D eigenvalue weighted by molar-refractivity contribution is -0.155. The molecule has 0 aliphatic carbocycles. The number of rotatable bonds is 18. The van der Waals surface area contributed by atoms with Crippen LogP contribution in [0.4, 0.5) is 0 Å². The third-order valence-electron chi connectivity index (χ3n) is 9.10. The third-order valence-corrected chi connectivity index (χ3v) is 9.10. The highest BCUT2D eigenvalue weighted by Crippen LogP contribution is 2.22. The van der Waals surface area contributed by atoms with Gasteiger partial charge in [-0.2, -0.15) is 0 Å². The highest BCUT2D eigenvalue weighted by Gasteiger charge is 2.42. The first-order chi connectivity index (χ1) is 22.7. The summed E-state index contributed by atoms with van der Waals surface area (Å²) in [6.07, 6.45) is 0.554. The predicted molar refractivity (Wildman–Crippen MR) is 193 cm³/mol. The van der Waals surface area contributed by atoms with Gasteiger partial charge in [0.25, 0.3) is 0 Å². The summed E-state index contributed by atoms with van der Waals surface area (Å²) in [4.78, 5) is 73.1. The number of hydrogen-bond acceptors (Lipinski definition) is 7. The molecule has 1 rings (SSSR count). The molecule has 1 aromatic carbocycles. The van der Waals surface area contributed by atoms with Crippen molar-refractivity contribution >= 4 is 29.5 Å². The van der Waals surface area contributed by atoms with Gasteiger partial charge >= 0.3 is 0 Å². The van der Waals surface area contributed by atoms with Gasteiger partial charge in [0.1, 0.15) is 29.9 Å². The molecule has 0 saturated heterocycles. The maximum Gasteiger partial charge on any atom is 0.246 e. The largest absolute Gasteiger partial charge is 0.508 e. The Kier molecular flexibility index (Phi) is 17.3. The van der Waals surface area contributed by atoms with Crippen molar-refractivity contribution in [3.8, 4) is 5.75 Å². The van der Waals surface area contributed by atoms with Crippen LogP contribution in [-0.2, 0) is 30.4 Å². The summed E-state index contributed by atoms with van der Waals surface area (Å²) < 4.78 is 0. The molecule has 4 N–H and O–H groups in total. The minimum atomic E-state index is -0.913. The maximum absolute atomic E-state index is 14.3. The van der Waals surface area contributed by atoms with Crippen molar-refractivity contribution in [2.24, 2.45) is 29.6 Å². The Morgan fingerprint density at radius 1 is 0.592 bits per heavy atom. The zero-order valence-electron chi connectivity index (χ0n) is 32.3. The van der Waals surface area contributed by atoms with E-state index in [0.717, 1.165) is 5.56 Å². The second-order valence-corrected chi connectivity index (χ2v) is 14.9. The molecule has 5 amide bonds. The molecule has 0 bridgehead atoms. The van der Waals surface area contributed by atoms with Crippen LogP contribution >= 0.6 is 0 Å². The predicted octanol–water partition coefficient (Wildman–Crippen LogP) is 2.88. The summed E-state index contributed by atoms with van der Waals surface area (Å²) in [5.41, 5.74) is 0.951. The van der Waals surface area contributed by atoms with Gasteiger partial charge in [-0.1, -0.05) is 81.4 Å². The number of phenols is 1. The Bertz CT molecular complexity index is 1250. The van der Waals surface area contributed by atoms with Gasteiger partial charge in [0.15, 0.2) is 0 Å². The molecule has 1 aromatic rings. The lowest BCUT2D eigenvalue weighted by Crippen LogP contribution is -2.62. The van der Waals surface area contributed by atoms with Crippen LogP contribution in [0.2, 0.25) is 0 Å². The maximum atomic E-state index is 14.3. The van der Waals surface area contributed by atoms with Crippen molar-refractivity contribution in [2.75, 3.05) is 34.7 Å². The first-order valence-corrected chi connectivity index (χ1v) is 17.5. The zero-order chi connectivity index (χ0) is 37.9. The molecule has 0 saturated carbocycles. The Morgan fingerprint density at radius 2 is 1.00 bits per heavy atom. The van der Waals surface area contributed by atoms with Gasteiger partial charge in [-0.05, 0) is 60.8 Å². The van der Waals surface area contributed by atoms with Gasteiger partial charge in [0.05, 0.1) is 6.04 Å². The van der Waals surface area contributed by atoms with Crippen LogP contribution in [0.25, 0.3) is 0 Å². The van der Waals surface area contributed by atoms with Crippen molar-refractivity contribution in [1.29, 1.82) is 0 Å². The van der Waals surface area contributed by atoms with Gasteiger partial charge < -0.3 is 35.8 Å². The molecule has 12 nitrogen and oxygen atoms in total. The number of hydrogen-bond donors (Lipinski definition) is 4. The molecular weight excluding hydrogens is 624 g/mol. The molecule has 49 heavy (non-hydrogen) atoms. The van der Waals surface area contributed by atoms with E-state index in [2.05, 4.69) is 16.0 Å². The third kappa shape index (κ3) is 11.7. The number of carbonyl (C=O) groups is 5. The fourth-order valence-corrected chi connectivity index (χ4v) is 6.39. The Labute approximate surface area is 294 Å². The fraction of sp³-hybridized carbons (Fsp3) is 0.703. The minimum Gasteiger partial charge on any atom is -0.508 e. The van der Waals surface area contributed by atoms with E-state index in [9.17, 15) is 29.1 Å². The molecule has 0 aromatic heterocycles. The smallest absolute Gasteiger partial charge is 0.246 e. The van der Waals surface area contributed by atoms with Crippen LogP contribution in [0.1, 0.15) is 74.8 Å². The number of carbonyl (C=O) groups excluding carboxylic acids is 5. The molecule has 0 heterocycles. The number of phenolic OH excluding ortho intramolecular Hbond substituents is 1. The summed E-state index contributed by atoms with van der Waals surface area (Å²) in [7, 11) is 6.41. The summed E-state index contributed by atoms with van der Waals surface area (Å²) in [6, 6.07) is 2.81. The van der Waals surface area contributed by atoms with Crippen molar-refractivity contribution in [1.82, 2.24) is 30.7 Å². The van der Waals surface area contributed by atoms with E-state index in [0.29, 0.717) is 13.0 Å². The van der Waals surface area contributed by atoms with Crippen molar-refractivity contribution in [2.45, 2.75) is 106 Å². The van der Waals surface area contributed by atoms with Crippen molar-refractivity contribution in [3.05, 3.63) is 29.8 Å². The summed E-state index contributed by atoms with van der Waals surface area (Å²) in [5, 5.41) is 18.4. The van der Waals surface area contributed by atoms with Crippen LogP contribution in [0.15, 0.2) is 24.3 Å². The second-order valence-electron chi connectivity index (χ2n) is 14.9. The Morgan fingerprint density at radius 3 is 1.39 bits per heavy atom. The monoisotopic (exact) mass is 688 g/mol. The van der Waals surface area contributed by atoms with Crippen LogP contribution in [0.3, 0.4) is 0 Å². The fourth-order valence-electron chi connectivity index (χ4n) is 6.39. The molecule has 0 unspecified atom stereocenters. The number of benzene rings is 1. The summed E-state index contributed by atoms with van der Waals surface area (Å²) in [6.45, 7) is 19.0. The van der Waals surface area contributed by atoms with E-state index in [1.54, 1.807) is 52.5 Å². The van der Waals surface area contributed by atoms with Crippen LogP contribution in [-0.4, -0.2) is 114 Å². The second kappa shape index (κ2) is 19.5. The highest BCUT2D eigenvalue weighted by atomic mass is 16.3. The molecule has 278 valence electrons. The average molecular weight is 689 g/mol. The van der Waals surface area contributed by atoms with Crippen molar-refractivity contribution in [3.63, 3.8) is 0 Å². The summed E-state index contributed by atoms with van der Waals surface area (Å²) in [5.74, 6) is -2.68. The van der Waals surface area contributed by atoms with E-state index in [-0.39, 0.29) is 53.1 Å². The molecule has 5 atom stereocenters. The van der Waals surface area contributed by atoms with Crippen LogP contribution in [0.5, 0.6) is 5.75 Å². The van der Waals surface area contributed by atoms with Crippen LogP contribution < -0.4 is 16.0 Å². The number of likely N-dealkylation sites (N-methyl/N-ethyl adjacent to an activating group) is 4. The van der Waals surface area contributed by atoms with Gasteiger partial charge in [-0.25, -0.2) is 0 Å². The molecule has 0 fully saturated rings. The molecule has 0 aliphatic rings. The lowest BCUT2D eigenvalue weighted by Gasteiger charge is -2.41. The first kappa shape index (κ1) is 43.4. The van der Waals surface area contributed by atoms with Crippen LogP contribution in [0, 0.1) is 29.6 Å². The quantitative estimate of drug-likeness (QED) is 0.185. The lowest BCUT2D eigenvalue weighted by atomic mass is 9.94. The average Bonchev–Trinajstić information content (AvgIpc) is 2.99. The minimum absolute atomic E-state index is 0.000192. The van der Waals surface area contributed by atoms with Gasteiger partial charge in [-0.3, -0.25) is 24.0 Å². The van der Waals surface area contributed by atoms with Gasteiger partial charge in [-0.15, -0.1) is 0 Å². The topological polar surface area (TPSA) is 151 Å². The van der Waals surface area contributed by atoms with E-state index < -0.39 is 42.0 Å². The van der Waals surface area contributed by atoms with E-state index in [1.165, 1.54) is 14.7 Å². The zero-order valence-corrected chi connectivity index (χ0v) is 32.3. The van der Waals surface area contributed by atoms with E-state index >= 15 is 0 Å². The van der Waals surface area contributed by atoms with Gasteiger partial charge in [0.2, 0.25) is 29.5 Å². The SMILES string of the molecule is CN[C@H](C(=O)N[C@H](C(=O)N(C)[C@H](C(=O)N(C)[C@H](C(=O)N(C)[C@H](C(=O)NCCc1ccc(O)cc1)C(C)C)C(C)C)C(C)C)C(C)C)C(C)C. The van der Waals surface area contributed by atoms with Crippen molar-refractivity contribution < 1.29 is 29.1 Å².